The van der Waals surface area contributed by atoms with Gasteiger partial charge in [-0.3, -0.25) is 0 Å². The van der Waals surface area contributed by atoms with Gasteiger partial charge in [0.1, 0.15) is 0 Å². The zero-order chi connectivity index (χ0) is 7.97. The summed E-state index contributed by atoms with van der Waals surface area (Å²) in [5.41, 5.74) is 1.41. The van der Waals surface area contributed by atoms with Crippen molar-refractivity contribution in [2.75, 3.05) is 0 Å². The van der Waals surface area contributed by atoms with Gasteiger partial charge in [0.05, 0.1) is 12.2 Å². The molecule has 0 N–H and O–H groups in total. The molecule has 1 aliphatic heterocycles. The first kappa shape index (κ1) is 6.67. The molecule has 0 amide bonds. The molecule has 1 nitrogen and oxygen atoms in total. The predicted molar refractivity (Wildman–Crippen MR) is 45.9 cm³/mol. The summed E-state index contributed by atoms with van der Waals surface area (Å²) in [5, 5.41) is 0. The van der Waals surface area contributed by atoms with Crippen LogP contribution in [0.4, 0.5) is 0 Å². The molecule has 1 aliphatic carbocycles. The van der Waals surface area contributed by atoms with Crippen LogP contribution in [-0.2, 0) is 4.74 Å². The molecule has 1 radical (unpaired) electrons. The third-order valence-corrected chi connectivity index (χ3v) is 2.94. The van der Waals surface area contributed by atoms with Gasteiger partial charge in [0, 0.05) is 5.92 Å². The number of rotatable bonds is 1. The van der Waals surface area contributed by atoms with Crippen molar-refractivity contribution >= 4 is 0 Å². The molecule has 3 rings (SSSR count). The Kier molecular flexibility index (Phi) is 1.30. The molecule has 1 aromatic carbocycles. The highest BCUT2D eigenvalue weighted by Crippen LogP contribution is 2.48. The largest absolute Gasteiger partial charge is 0.369 e. The molecule has 3 atom stereocenters. The SMILES string of the molecule is [c]1cccc(C2CCC3OC32)c1. The summed E-state index contributed by atoms with van der Waals surface area (Å²) in [6.45, 7) is 0. The van der Waals surface area contributed by atoms with Gasteiger partial charge in [0.25, 0.3) is 0 Å². The molecule has 1 heterocycles. The Bertz CT molecular complexity index is 280. The molecule has 1 heteroatoms. The van der Waals surface area contributed by atoms with Crippen LogP contribution in [-0.4, -0.2) is 12.2 Å². The molecule has 3 unspecified atom stereocenters. The number of hydrogen-bond acceptors (Lipinski definition) is 1. The molecule has 12 heavy (non-hydrogen) atoms. The third-order valence-electron chi connectivity index (χ3n) is 2.94. The van der Waals surface area contributed by atoms with Crippen LogP contribution < -0.4 is 0 Å². The molecule has 0 bridgehead atoms. The lowest BCUT2D eigenvalue weighted by Crippen LogP contribution is -2.00. The zero-order valence-electron chi connectivity index (χ0n) is 6.86. The van der Waals surface area contributed by atoms with Crippen LogP contribution in [0.25, 0.3) is 0 Å². The highest BCUT2D eigenvalue weighted by atomic mass is 16.6. The fourth-order valence-corrected chi connectivity index (χ4v) is 2.25. The summed E-state index contributed by atoms with van der Waals surface area (Å²) in [5.74, 6) is 0.660. The smallest absolute Gasteiger partial charge is 0.0910 e. The van der Waals surface area contributed by atoms with Gasteiger partial charge in [-0.25, -0.2) is 0 Å². The molecule has 2 aliphatic rings. The maximum absolute atomic E-state index is 5.51. The molecule has 61 valence electrons. The van der Waals surface area contributed by atoms with E-state index >= 15 is 0 Å². The first-order valence-corrected chi connectivity index (χ1v) is 4.56. The van der Waals surface area contributed by atoms with Gasteiger partial charge in [0.2, 0.25) is 0 Å². The van der Waals surface area contributed by atoms with Crippen LogP contribution in [0.2, 0.25) is 0 Å². The van der Waals surface area contributed by atoms with E-state index < -0.39 is 0 Å². The minimum Gasteiger partial charge on any atom is -0.369 e. The second-order valence-corrected chi connectivity index (χ2v) is 3.66. The van der Waals surface area contributed by atoms with Crippen LogP contribution >= 0.6 is 0 Å². The standard InChI is InChI=1S/C11H11O/c1-2-4-8(5-3-1)9-6-7-10-11(9)12-10/h1-2,4-5,9-11H,6-7H2. The van der Waals surface area contributed by atoms with E-state index in [0.29, 0.717) is 18.1 Å². The van der Waals surface area contributed by atoms with E-state index in [1.54, 1.807) is 0 Å². The van der Waals surface area contributed by atoms with Gasteiger partial charge >= 0.3 is 0 Å². The van der Waals surface area contributed by atoms with Crippen LogP contribution in [0.3, 0.4) is 0 Å². The minimum absolute atomic E-state index is 0.542. The first-order valence-electron chi connectivity index (χ1n) is 4.56. The molecule has 1 saturated carbocycles. The molecule has 0 aromatic heterocycles. The van der Waals surface area contributed by atoms with Crippen LogP contribution in [0.15, 0.2) is 24.3 Å². The van der Waals surface area contributed by atoms with Gasteiger partial charge in [-0.1, -0.05) is 24.3 Å². The topological polar surface area (TPSA) is 12.5 Å². The molecule has 1 aromatic rings. The van der Waals surface area contributed by atoms with Gasteiger partial charge in [0.15, 0.2) is 0 Å². The van der Waals surface area contributed by atoms with Gasteiger partial charge in [-0.05, 0) is 24.5 Å². The Hall–Kier alpha value is -0.820. The highest BCUT2D eigenvalue weighted by molar-refractivity contribution is 5.24. The van der Waals surface area contributed by atoms with Crippen LogP contribution in [0.1, 0.15) is 24.3 Å². The van der Waals surface area contributed by atoms with E-state index in [1.165, 1.54) is 18.4 Å². The third kappa shape index (κ3) is 0.896. The highest BCUT2D eigenvalue weighted by Gasteiger charge is 2.50. The molecule has 1 saturated heterocycles. The lowest BCUT2D eigenvalue weighted by molar-refractivity contribution is 0.301. The lowest BCUT2D eigenvalue weighted by Gasteiger charge is -2.09. The monoisotopic (exact) mass is 159 g/mol. The van der Waals surface area contributed by atoms with Crippen molar-refractivity contribution in [1.82, 2.24) is 0 Å². The van der Waals surface area contributed by atoms with E-state index in [1.807, 2.05) is 6.07 Å². The maximum atomic E-state index is 5.51. The van der Waals surface area contributed by atoms with Gasteiger partial charge in [-0.2, -0.15) is 0 Å². The Morgan fingerprint density at radius 1 is 1.42 bits per heavy atom. The quantitative estimate of drug-likeness (QED) is 0.572. The van der Waals surface area contributed by atoms with Crippen molar-refractivity contribution in [3.8, 4) is 0 Å². The van der Waals surface area contributed by atoms with Crippen molar-refractivity contribution < 1.29 is 4.74 Å². The minimum atomic E-state index is 0.542. The van der Waals surface area contributed by atoms with Crippen molar-refractivity contribution in [2.24, 2.45) is 0 Å². The second kappa shape index (κ2) is 2.33. The second-order valence-electron chi connectivity index (χ2n) is 3.66. The molecular formula is C11H11O. The number of benzene rings is 1. The van der Waals surface area contributed by atoms with Crippen molar-refractivity contribution in [3.63, 3.8) is 0 Å². The Balaban J connectivity index is 1.89. The maximum Gasteiger partial charge on any atom is 0.0910 e. The zero-order valence-corrected chi connectivity index (χ0v) is 6.86. The van der Waals surface area contributed by atoms with E-state index in [2.05, 4.69) is 24.3 Å². The Morgan fingerprint density at radius 3 is 3.00 bits per heavy atom. The summed E-state index contributed by atoms with van der Waals surface area (Å²) in [7, 11) is 0. The van der Waals surface area contributed by atoms with Crippen LogP contribution in [0, 0.1) is 6.07 Å². The average molecular weight is 159 g/mol. The predicted octanol–water partition coefficient (Wildman–Crippen LogP) is 2.13. The molecule has 0 spiro atoms. The number of ether oxygens (including phenoxy) is 1. The Labute approximate surface area is 72.4 Å². The van der Waals surface area contributed by atoms with Crippen molar-refractivity contribution in [3.05, 3.63) is 35.9 Å². The summed E-state index contributed by atoms with van der Waals surface area (Å²) < 4.78 is 5.51. The van der Waals surface area contributed by atoms with E-state index in [-0.39, 0.29) is 0 Å². The van der Waals surface area contributed by atoms with Gasteiger partial charge < -0.3 is 4.74 Å². The Morgan fingerprint density at radius 2 is 2.42 bits per heavy atom. The van der Waals surface area contributed by atoms with E-state index in [9.17, 15) is 0 Å². The average Bonchev–Trinajstić information content (AvgIpc) is 2.80. The van der Waals surface area contributed by atoms with Crippen molar-refractivity contribution in [2.45, 2.75) is 31.0 Å². The summed E-state index contributed by atoms with van der Waals surface area (Å²) in [6, 6.07) is 11.4. The van der Waals surface area contributed by atoms with E-state index in [0.717, 1.165) is 0 Å². The fourth-order valence-electron chi connectivity index (χ4n) is 2.25. The number of fused-ring (bicyclic) bond motifs is 1. The van der Waals surface area contributed by atoms with Crippen molar-refractivity contribution in [1.29, 1.82) is 0 Å². The summed E-state index contributed by atoms with van der Waals surface area (Å²) >= 11 is 0. The van der Waals surface area contributed by atoms with Crippen LogP contribution in [0.5, 0.6) is 0 Å². The fraction of sp³-hybridized carbons (Fsp3) is 0.455. The first-order chi connectivity index (χ1) is 5.95. The molecule has 2 fully saturated rings. The summed E-state index contributed by atoms with van der Waals surface area (Å²) in [4.78, 5) is 0. The number of hydrogen-bond donors (Lipinski definition) is 0. The summed E-state index contributed by atoms with van der Waals surface area (Å²) in [6.07, 6.45) is 3.69. The molecular weight excluding hydrogens is 148 g/mol. The normalized spacial score (nSPS) is 37.8. The van der Waals surface area contributed by atoms with Gasteiger partial charge in [-0.15, -0.1) is 0 Å². The lowest BCUT2D eigenvalue weighted by atomic mass is 9.97. The number of epoxide rings is 1. The van der Waals surface area contributed by atoms with E-state index in [4.69, 9.17) is 4.74 Å².